The van der Waals surface area contributed by atoms with Gasteiger partial charge in [-0.05, 0) is 31.0 Å². The zero-order valence-corrected chi connectivity index (χ0v) is 12.7. The van der Waals surface area contributed by atoms with Crippen LogP contribution in [-0.2, 0) is 11.2 Å². The number of carboxylic acids is 1. The van der Waals surface area contributed by atoms with Gasteiger partial charge in [0.1, 0.15) is 6.04 Å². The average molecular weight is 303 g/mol. The molecule has 4 nitrogen and oxygen atoms in total. The van der Waals surface area contributed by atoms with Gasteiger partial charge in [0, 0.05) is 11.3 Å². The number of aryl methyl sites for hydroxylation is 2. The molecular weight excluding hydrogens is 286 g/mol. The van der Waals surface area contributed by atoms with Crippen molar-refractivity contribution in [3.63, 3.8) is 0 Å². The fourth-order valence-corrected chi connectivity index (χ4v) is 2.90. The van der Waals surface area contributed by atoms with Crippen LogP contribution < -0.4 is 5.32 Å². The number of carboxylic acid groups (broad SMARTS) is 1. The highest BCUT2D eigenvalue weighted by Crippen LogP contribution is 2.20. The summed E-state index contributed by atoms with van der Waals surface area (Å²) in [6, 6.07) is 10.1. The number of carbonyl (C=O) groups excluding carboxylic acids is 1. The molecule has 2 aromatic rings. The van der Waals surface area contributed by atoms with Crippen molar-refractivity contribution in [2.45, 2.75) is 26.3 Å². The van der Waals surface area contributed by atoms with Crippen molar-refractivity contribution in [1.29, 1.82) is 0 Å². The Hall–Kier alpha value is -2.14. The Balaban J connectivity index is 2.09. The molecule has 0 saturated heterocycles. The lowest BCUT2D eigenvalue weighted by Gasteiger charge is -2.14. The summed E-state index contributed by atoms with van der Waals surface area (Å²) in [7, 11) is 0. The van der Waals surface area contributed by atoms with E-state index in [0.717, 1.165) is 16.0 Å². The number of carbonyl (C=O) groups is 2. The monoisotopic (exact) mass is 303 g/mol. The minimum Gasteiger partial charge on any atom is -0.480 e. The van der Waals surface area contributed by atoms with Crippen LogP contribution in [0.25, 0.3) is 0 Å². The smallest absolute Gasteiger partial charge is 0.326 e. The highest BCUT2D eigenvalue weighted by molar-refractivity contribution is 7.14. The molecule has 2 rings (SSSR count). The van der Waals surface area contributed by atoms with Crippen molar-refractivity contribution in [1.82, 2.24) is 5.32 Å². The minimum atomic E-state index is -1.03. The van der Waals surface area contributed by atoms with E-state index in [1.54, 1.807) is 6.07 Å². The maximum atomic E-state index is 12.2. The number of rotatable bonds is 5. The second kappa shape index (κ2) is 6.54. The van der Waals surface area contributed by atoms with Crippen LogP contribution in [0.15, 0.2) is 36.4 Å². The Morgan fingerprint density at radius 3 is 2.43 bits per heavy atom. The third-order valence-electron chi connectivity index (χ3n) is 3.28. The van der Waals surface area contributed by atoms with Gasteiger partial charge in [0.15, 0.2) is 0 Å². The van der Waals surface area contributed by atoms with Crippen molar-refractivity contribution >= 4 is 23.2 Å². The summed E-state index contributed by atoms with van der Waals surface area (Å²) in [5.41, 5.74) is 1.92. The third-order valence-corrected chi connectivity index (χ3v) is 4.43. The normalized spacial score (nSPS) is 11.9. The first-order chi connectivity index (χ1) is 9.97. The quantitative estimate of drug-likeness (QED) is 0.892. The molecule has 1 atom stereocenters. The maximum Gasteiger partial charge on any atom is 0.326 e. The molecule has 110 valence electrons. The van der Waals surface area contributed by atoms with Crippen molar-refractivity contribution in [2.75, 3.05) is 0 Å². The zero-order valence-electron chi connectivity index (χ0n) is 11.9. The first-order valence-corrected chi connectivity index (χ1v) is 7.43. The molecule has 1 heterocycles. The Bertz CT molecular complexity index is 629. The van der Waals surface area contributed by atoms with E-state index in [2.05, 4.69) is 5.32 Å². The lowest BCUT2D eigenvalue weighted by molar-refractivity contribution is -0.139. The molecule has 0 aliphatic carbocycles. The molecule has 1 amide bonds. The molecule has 1 aromatic heterocycles. The number of aliphatic carboxylic acids is 1. The van der Waals surface area contributed by atoms with Gasteiger partial charge in [0.2, 0.25) is 0 Å². The first kappa shape index (κ1) is 15.3. The van der Waals surface area contributed by atoms with Gasteiger partial charge in [0.05, 0.1) is 4.88 Å². The number of benzene rings is 1. The van der Waals surface area contributed by atoms with Crippen LogP contribution in [0, 0.1) is 13.8 Å². The van der Waals surface area contributed by atoms with E-state index in [1.807, 2.05) is 44.2 Å². The van der Waals surface area contributed by atoms with E-state index in [0.29, 0.717) is 4.88 Å². The van der Waals surface area contributed by atoms with Gasteiger partial charge < -0.3 is 10.4 Å². The predicted molar refractivity (Wildman–Crippen MR) is 82.8 cm³/mol. The molecular formula is C16H17NO3S. The molecule has 1 aromatic carbocycles. The Kier molecular flexibility index (Phi) is 4.75. The molecule has 5 heteroatoms. The lowest BCUT2D eigenvalue weighted by Crippen LogP contribution is -2.42. The van der Waals surface area contributed by atoms with Crippen LogP contribution in [0.5, 0.6) is 0 Å². The van der Waals surface area contributed by atoms with Gasteiger partial charge in [-0.15, -0.1) is 11.3 Å². The summed E-state index contributed by atoms with van der Waals surface area (Å²) in [5.74, 6) is -1.36. The van der Waals surface area contributed by atoms with Crippen LogP contribution >= 0.6 is 11.3 Å². The largest absolute Gasteiger partial charge is 0.480 e. The summed E-state index contributed by atoms with van der Waals surface area (Å²) in [6.07, 6.45) is 0.269. The van der Waals surface area contributed by atoms with Gasteiger partial charge in [-0.3, -0.25) is 4.79 Å². The van der Waals surface area contributed by atoms with E-state index in [1.165, 1.54) is 11.3 Å². The lowest BCUT2D eigenvalue weighted by atomic mass is 10.1. The molecule has 0 fully saturated rings. The van der Waals surface area contributed by atoms with Crippen LogP contribution in [-0.4, -0.2) is 23.0 Å². The third kappa shape index (κ3) is 3.92. The standard InChI is InChI=1S/C16H17NO3S/c1-10-8-14(21-11(10)2)15(18)17-13(16(19)20)9-12-6-4-3-5-7-12/h3-8,13H,9H2,1-2H3,(H,17,18)(H,19,20). The molecule has 0 bridgehead atoms. The molecule has 0 aliphatic heterocycles. The Labute approximate surface area is 127 Å². The Morgan fingerprint density at radius 1 is 1.24 bits per heavy atom. The Morgan fingerprint density at radius 2 is 1.90 bits per heavy atom. The summed E-state index contributed by atoms with van der Waals surface area (Å²) in [5, 5.41) is 11.9. The molecule has 0 radical (unpaired) electrons. The summed E-state index contributed by atoms with van der Waals surface area (Å²) < 4.78 is 0. The van der Waals surface area contributed by atoms with Crippen molar-refractivity contribution in [3.8, 4) is 0 Å². The van der Waals surface area contributed by atoms with Crippen LogP contribution in [0.1, 0.15) is 25.7 Å². The van der Waals surface area contributed by atoms with E-state index in [-0.39, 0.29) is 12.3 Å². The summed E-state index contributed by atoms with van der Waals surface area (Å²) >= 11 is 1.38. The number of thiophene rings is 1. The van der Waals surface area contributed by atoms with Crippen LogP contribution in [0.4, 0.5) is 0 Å². The van der Waals surface area contributed by atoms with Gasteiger partial charge in [0.25, 0.3) is 5.91 Å². The fraction of sp³-hybridized carbons (Fsp3) is 0.250. The van der Waals surface area contributed by atoms with Crippen molar-refractivity contribution in [2.24, 2.45) is 0 Å². The van der Waals surface area contributed by atoms with Gasteiger partial charge >= 0.3 is 5.97 Å². The number of hydrogen-bond acceptors (Lipinski definition) is 3. The summed E-state index contributed by atoms with van der Waals surface area (Å²) in [4.78, 5) is 25.1. The second-order valence-corrected chi connectivity index (χ2v) is 6.16. The maximum absolute atomic E-state index is 12.2. The van der Waals surface area contributed by atoms with Gasteiger partial charge in [-0.1, -0.05) is 30.3 Å². The van der Waals surface area contributed by atoms with Crippen molar-refractivity contribution < 1.29 is 14.7 Å². The van der Waals surface area contributed by atoms with E-state index < -0.39 is 12.0 Å². The molecule has 2 N–H and O–H groups in total. The number of amides is 1. The first-order valence-electron chi connectivity index (χ1n) is 6.62. The molecule has 1 unspecified atom stereocenters. The number of nitrogens with one attached hydrogen (secondary N) is 1. The SMILES string of the molecule is Cc1cc(C(=O)NC(Cc2ccccc2)C(=O)O)sc1C. The highest BCUT2D eigenvalue weighted by Gasteiger charge is 2.22. The van der Waals surface area contributed by atoms with Crippen LogP contribution in [0.2, 0.25) is 0 Å². The van der Waals surface area contributed by atoms with Gasteiger partial charge in [-0.2, -0.15) is 0 Å². The average Bonchev–Trinajstić information content (AvgIpc) is 2.79. The van der Waals surface area contributed by atoms with Crippen LogP contribution in [0.3, 0.4) is 0 Å². The summed E-state index contributed by atoms with van der Waals surface area (Å²) in [6.45, 7) is 3.87. The topological polar surface area (TPSA) is 66.4 Å². The highest BCUT2D eigenvalue weighted by atomic mass is 32.1. The van der Waals surface area contributed by atoms with E-state index >= 15 is 0 Å². The second-order valence-electron chi connectivity index (χ2n) is 4.90. The van der Waals surface area contributed by atoms with Crippen molar-refractivity contribution in [3.05, 3.63) is 57.3 Å². The predicted octanol–water partition coefficient (Wildman–Crippen LogP) is 2.79. The van der Waals surface area contributed by atoms with E-state index in [4.69, 9.17) is 0 Å². The molecule has 21 heavy (non-hydrogen) atoms. The molecule has 0 aliphatic rings. The molecule has 0 spiro atoms. The van der Waals surface area contributed by atoms with Gasteiger partial charge in [-0.25, -0.2) is 4.79 Å². The molecule has 0 saturated carbocycles. The van der Waals surface area contributed by atoms with E-state index in [9.17, 15) is 14.7 Å². The zero-order chi connectivity index (χ0) is 15.4. The minimum absolute atomic E-state index is 0.269. The number of hydrogen-bond donors (Lipinski definition) is 2. The fourth-order valence-electron chi connectivity index (χ4n) is 1.96.